The van der Waals surface area contributed by atoms with E-state index in [2.05, 4.69) is 33.0 Å². The first-order chi connectivity index (χ1) is 9.28. The van der Waals surface area contributed by atoms with Crippen LogP contribution in [0.4, 0.5) is 0 Å². The van der Waals surface area contributed by atoms with Crippen molar-refractivity contribution in [2.75, 3.05) is 0 Å². The number of aryl methyl sites for hydroxylation is 1. The van der Waals surface area contributed by atoms with Crippen LogP contribution in [0.3, 0.4) is 0 Å². The van der Waals surface area contributed by atoms with Gasteiger partial charge in [0.15, 0.2) is 0 Å². The van der Waals surface area contributed by atoms with Crippen LogP contribution in [0.25, 0.3) is 5.57 Å². The number of allylic oxidation sites excluding steroid dienone is 2. The normalized spacial score (nSPS) is 18.6. The summed E-state index contributed by atoms with van der Waals surface area (Å²) in [5.74, 6) is 0.719. The van der Waals surface area contributed by atoms with E-state index in [-0.39, 0.29) is 5.56 Å². The van der Waals surface area contributed by atoms with Gasteiger partial charge in [-0.05, 0) is 37.0 Å². The van der Waals surface area contributed by atoms with Crippen LogP contribution < -0.4 is 5.56 Å². The van der Waals surface area contributed by atoms with E-state index in [9.17, 15) is 4.79 Å². The molecule has 3 rings (SSSR count). The number of rotatable bonds is 3. The summed E-state index contributed by atoms with van der Waals surface area (Å²) in [6.45, 7) is 1.96. The minimum atomic E-state index is -0.0159. The highest BCUT2D eigenvalue weighted by Crippen LogP contribution is 2.32. The van der Waals surface area contributed by atoms with Gasteiger partial charge in [0.25, 0.3) is 5.56 Å². The zero-order valence-electron chi connectivity index (χ0n) is 11.0. The summed E-state index contributed by atoms with van der Waals surface area (Å²) < 4.78 is 2.19. The molecule has 2 aromatic heterocycles. The van der Waals surface area contributed by atoms with E-state index in [1.807, 2.05) is 19.1 Å². The smallest absolute Gasteiger partial charge is 0.254 e. The largest absolute Gasteiger partial charge is 0.347 e. The van der Waals surface area contributed by atoms with Crippen molar-refractivity contribution >= 4 is 5.57 Å². The monoisotopic (exact) mass is 255 g/mol. The van der Waals surface area contributed by atoms with Crippen molar-refractivity contribution in [3.05, 3.63) is 58.5 Å². The van der Waals surface area contributed by atoms with Gasteiger partial charge < -0.3 is 9.55 Å². The average Bonchev–Trinajstić information content (AvgIpc) is 3.09. The summed E-state index contributed by atoms with van der Waals surface area (Å²) in [6, 6.07) is 4.44. The van der Waals surface area contributed by atoms with E-state index in [1.165, 1.54) is 0 Å². The third-order valence-electron chi connectivity index (χ3n) is 3.67. The molecule has 0 amide bonds. The van der Waals surface area contributed by atoms with Gasteiger partial charge in [-0.3, -0.25) is 4.79 Å². The highest BCUT2D eigenvalue weighted by molar-refractivity contribution is 5.62. The minimum Gasteiger partial charge on any atom is -0.347 e. The Hall–Kier alpha value is -2.10. The Morgan fingerprint density at radius 3 is 2.89 bits per heavy atom. The molecule has 4 heteroatoms. The SMILES string of the molecule is CCc1cnc(C2=CC(n3cccc3)CC2)[nH]c1=O. The standard InChI is InChI=1S/C15H17N3O/c1-2-11-10-16-14(17-15(11)19)12-5-6-13(9-12)18-7-3-4-8-18/h3-4,7-10,13H,2,5-6H2,1H3,(H,16,17,19). The van der Waals surface area contributed by atoms with Crippen molar-refractivity contribution in [3.63, 3.8) is 0 Å². The van der Waals surface area contributed by atoms with Crippen LogP contribution >= 0.6 is 0 Å². The molecule has 1 N–H and O–H groups in total. The summed E-state index contributed by atoms with van der Waals surface area (Å²) in [5.41, 5.74) is 1.86. The highest BCUT2D eigenvalue weighted by Gasteiger charge is 2.19. The van der Waals surface area contributed by atoms with Crippen molar-refractivity contribution < 1.29 is 0 Å². The molecule has 2 aromatic rings. The van der Waals surface area contributed by atoms with Crippen LogP contribution in [0.15, 0.2) is 41.6 Å². The molecule has 1 aliphatic carbocycles. The fourth-order valence-corrected chi connectivity index (χ4v) is 2.54. The third kappa shape index (κ3) is 2.26. The molecule has 4 nitrogen and oxygen atoms in total. The van der Waals surface area contributed by atoms with Gasteiger partial charge in [-0.15, -0.1) is 0 Å². The average molecular weight is 255 g/mol. The third-order valence-corrected chi connectivity index (χ3v) is 3.67. The van der Waals surface area contributed by atoms with Gasteiger partial charge in [-0.25, -0.2) is 4.98 Å². The number of hydrogen-bond acceptors (Lipinski definition) is 2. The molecule has 1 atom stereocenters. The Morgan fingerprint density at radius 2 is 2.21 bits per heavy atom. The molecule has 0 radical (unpaired) electrons. The molecule has 0 saturated heterocycles. The summed E-state index contributed by atoms with van der Waals surface area (Å²) in [7, 11) is 0. The predicted molar refractivity (Wildman–Crippen MR) is 74.9 cm³/mol. The van der Waals surface area contributed by atoms with Crippen molar-refractivity contribution in [2.24, 2.45) is 0 Å². The lowest BCUT2D eigenvalue weighted by atomic mass is 10.2. The number of nitrogens with zero attached hydrogens (tertiary/aromatic N) is 2. The summed E-state index contributed by atoms with van der Waals surface area (Å²) in [6.07, 6.45) is 10.8. The molecule has 1 aliphatic rings. The van der Waals surface area contributed by atoms with Gasteiger partial charge in [0, 0.05) is 24.2 Å². The molecule has 0 spiro atoms. The molecule has 0 aliphatic heterocycles. The molecule has 19 heavy (non-hydrogen) atoms. The lowest BCUT2D eigenvalue weighted by molar-refractivity contribution is 0.594. The summed E-state index contributed by atoms with van der Waals surface area (Å²) in [5, 5.41) is 0. The zero-order valence-corrected chi connectivity index (χ0v) is 11.0. The van der Waals surface area contributed by atoms with Crippen LogP contribution in [0, 0.1) is 0 Å². The van der Waals surface area contributed by atoms with Crippen molar-refractivity contribution in [1.29, 1.82) is 0 Å². The number of aromatic nitrogens is 3. The molecule has 0 bridgehead atoms. The second-order valence-corrected chi connectivity index (χ2v) is 4.87. The maximum Gasteiger partial charge on any atom is 0.254 e. The van der Waals surface area contributed by atoms with Crippen LogP contribution in [-0.4, -0.2) is 14.5 Å². The quantitative estimate of drug-likeness (QED) is 0.916. The Bertz CT molecular complexity index is 652. The first-order valence-corrected chi connectivity index (χ1v) is 6.69. The summed E-state index contributed by atoms with van der Waals surface area (Å²) in [4.78, 5) is 19.1. The topological polar surface area (TPSA) is 50.7 Å². The lowest BCUT2D eigenvalue weighted by Crippen LogP contribution is -2.15. The van der Waals surface area contributed by atoms with E-state index < -0.39 is 0 Å². The fraction of sp³-hybridized carbons (Fsp3) is 0.333. The van der Waals surface area contributed by atoms with E-state index in [1.54, 1.807) is 6.20 Å². The van der Waals surface area contributed by atoms with E-state index in [0.717, 1.165) is 29.8 Å². The van der Waals surface area contributed by atoms with Crippen LogP contribution in [-0.2, 0) is 6.42 Å². The molecular weight excluding hydrogens is 238 g/mol. The second kappa shape index (κ2) is 4.88. The van der Waals surface area contributed by atoms with Crippen molar-refractivity contribution in [1.82, 2.24) is 14.5 Å². The molecule has 0 aromatic carbocycles. The fourth-order valence-electron chi connectivity index (χ4n) is 2.54. The van der Waals surface area contributed by atoms with Gasteiger partial charge >= 0.3 is 0 Å². The molecule has 2 heterocycles. The highest BCUT2D eigenvalue weighted by atomic mass is 16.1. The first kappa shape index (κ1) is 12.0. The number of H-pyrrole nitrogens is 1. The van der Waals surface area contributed by atoms with Gasteiger partial charge in [-0.1, -0.05) is 13.0 Å². The molecule has 0 saturated carbocycles. The molecular formula is C15H17N3O. The molecule has 98 valence electrons. The van der Waals surface area contributed by atoms with Gasteiger partial charge in [0.05, 0.1) is 6.04 Å². The molecule has 0 fully saturated rings. The Kier molecular flexibility index (Phi) is 3.07. The van der Waals surface area contributed by atoms with Crippen LogP contribution in [0.1, 0.15) is 37.2 Å². The van der Waals surface area contributed by atoms with Crippen LogP contribution in [0.2, 0.25) is 0 Å². The van der Waals surface area contributed by atoms with Gasteiger partial charge in [0.2, 0.25) is 0 Å². The van der Waals surface area contributed by atoms with E-state index >= 15 is 0 Å². The Balaban J connectivity index is 1.89. The number of nitrogens with one attached hydrogen (secondary N) is 1. The zero-order chi connectivity index (χ0) is 13.2. The van der Waals surface area contributed by atoms with E-state index in [0.29, 0.717) is 12.5 Å². The number of hydrogen-bond donors (Lipinski definition) is 1. The first-order valence-electron chi connectivity index (χ1n) is 6.69. The van der Waals surface area contributed by atoms with Crippen molar-refractivity contribution in [3.8, 4) is 0 Å². The summed E-state index contributed by atoms with van der Waals surface area (Å²) >= 11 is 0. The second-order valence-electron chi connectivity index (χ2n) is 4.87. The maximum absolute atomic E-state index is 11.8. The van der Waals surface area contributed by atoms with Crippen LogP contribution in [0.5, 0.6) is 0 Å². The van der Waals surface area contributed by atoms with Gasteiger partial charge in [0.1, 0.15) is 5.82 Å². The lowest BCUT2D eigenvalue weighted by Gasteiger charge is -2.08. The molecule has 1 unspecified atom stereocenters. The Morgan fingerprint density at radius 1 is 1.42 bits per heavy atom. The minimum absolute atomic E-state index is 0.0159. The number of aromatic amines is 1. The van der Waals surface area contributed by atoms with Gasteiger partial charge in [-0.2, -0.15) is 0 Å². The predicted octanol–water partition coefficient (Wildman–Crippen LogP) is 2.55. The van der Waals surface area contributed by atoms with Crippen molar-refractivity contribution in [2.45, 2.75) is 32.2 Å². The Labute approximate surface area is 111 Å². The van der Waals surface area contributed by atoms with E-state index in [4.69, 9.17) is 0 Å². The maximum atomic E-state index is 11.8.